The van der Waals surface area contributed by atoms with Gasteiger partial charge in [-0.15, -0.1) is 0 Å². The van der Waals surface area contributed by atoms with Gasteiger partial charge >= 0.3 is 0 Å². The first-order valence-corrected chi connectivity index (χ1v) is 25.2. The van der Waals surface area contributed by atoms with Crippen LogP contribution in [-0.2, 0) is 60.8 Å². The standard InChI is InChI=1S/C52H72N14O10/c1-30(67)62-37(17-10-22-61-52(57)58)48(74)63-38-16-7-8-20-59-45(71)29-40(46(54)72)65-47(73)36(24-32-18-19-33-13-5-6-14-34(33)23-32)27-42(68)35(15-9-21-60-51(55)56)26-43(69)39(25-31-11-3-2-4-12-31)64-50(76)41(28-44(53)70)66-49(38)75/h2-6,11-14,18-19,23,35-41H,7-10,15-17,20-22,24-29H2,1H3,(H2,53,70)(H2,54,72)(H,59,71)(H,62,67)(H,63,74)(H,64,76)(H,65,73)(H,66,75)(H4,55,56,60)(H4,57,58,61)/t35-,36-,37+,38+,39-,40+,41+/m1/s1. The van der Waals surface area contributed by atoms with Crippen molar-refractivity contribution >= 4 is 81.5 Å². The monoisotopic (exact) mass is 1050 g/mol. The molecule has 7 atom stereocenters. The van der Waals surface area contributed by atoms with E-state index in [0.29, 0.717) is 11.1 Å². The van der Waals surface area contributed by atoms with E-state index in [2.05, 4.69) is 41.9 Å². The first-order valence-electron chi connectivity index (χ1n) is 25.2. The van der Waals surface area contributed by atoms with Gasteiger partial charge in [-0.3, -0.25) is 57.9 Å². The Morgan fingerprint density at radius 1 is 0.658 bits per heavy atom. The van der Waals surface area contributed by atoms with Gasteiger partial charge in [0.05, 0.1) is 18.9 Å². The van der Waals surface area contributed by atoms with Crippen molar-refractivity contribution < 1.29 is 47.9 Å². The van der Waals surface area contributed by atoms with E-state index in [4.69, 9.17) is 34.4 Å². The number of rotatable bonds is 18. The number of carbonyl (C=O) groups excluding carboxylic acids is 10. The van der Waals surface area contributed by atoms with Crippen LogP contribution in [0.4, 0.5) is 0 Å². The lowest BCUT2D eigenvalue weighted by atomic mass is 9.83. The number of ketones is 2. The molecule has 8 amide bonds. The van der Waals surface area contributed by atoms with E-state index in [-0.39, 0.29) is 89.3 Å². The molecule has 3 aromatic rings. The second-order valence-corrected chi connectivity index (χ2v) is 18.8. The first kappa shape index (κ1) is 60.1. The molecule has 1 aliphatic heterocycles. The molecule has 24 heteroatoms. The van der Waals surface area contributed by atoms with Crippen LogP contribution >= 0.6 is 0 Å². The summed E-state index contributed by atoms with van der Waals surface area (Å²) < 4.78 is 0. The van der Waals surface area contributed by atoms with Gasteiger partial charge in [-0.25, -0.2) is 0 Å². The van der Waals surface area contributed by atoms with E-state index < -0.39 is 127 Å². The predicted molar refractivity (Wildman–Crippen MR) is 284 cm³/mol. The highest BCUT2D eigenvalue weighted by molar-refractivity contribution is 5.99. The largest absolute Gasteiger partial charge is 0.370 e. The molecule has 0 radical (unpaired) electrons. The Balaban J connectivity index is 1.78. The summed E-state index contributed by atoms with van der Waals surface area (Å²) in [5, 5.41) is 17.4. The van der Waals surface area contributed by atoms with E-state index in [1.54, 1.807) is 30.3 Å². The van der Waals surface area contributed by atoms with Crippen molar-refractivity contribution in [2.24, 2.45) is 56.2 Å². The summed E-state index contributed by atoms with van der Waals surface area (Å²) in [6, 6.07) is 14.6. The minimum atomic E-state index is -1.69. The molecule has 24 nitrogen and oxygen atoms in total. The van der Waals surface area contributed by atoms with Gasteiger partial charge in [0.15, 0.2) is 17.7 Å². The average molecular weight is 1050 g/mol. The zero-order chi connectivity index (χ0) is 55.7. The molecule has 1 saturated heterocycles. The third-order valence-electron chi connectivity index (χ3n) is 12.6. The van der Waals surface area contributed by atoms with E-state index in [9.17, 15) is 47.9 Å². The number of amides is 8. The number of nitrogens with one attached hydrogen (secondary N) is 6. The van der Waals surface area contributed by atoms with Crippen molar-refractivity contribution in [3.8, 4) is 0 Å². The van der Waals surface area contributed by atoms with Crippen molar-refractivity contribution in [2.75, 3.05) is 19.6 Å². The number of fused-ring (bicyclic) bond motifs is 1. The molecule has 4 rings (SSSR count). The second kappa shape index (κ2) is 30.7. The fourth-order valence-corrected chi connectivity index (χ4v) is 8.71. The maximum absolute atomic E-state index is 14.7. The van der Waals surface area contributed by atoms with Gasteiger partial charge in [-0.05, 0) is 79.7 Å². The molecule has 0 spiro atoms. The van der Waals surface area contributed by atoms with E-state index in [0.717, 1.165) is 10.8 Å². The summed E-state index contributed by atoms with van der Waals surface area (Å²) in [6.07, 6.45) is -1.50. The Hall–Kier alpha value is -8.44. The van der Waals surface area contributed by atoms with Crippen molar-refractivity contribution in [3.05, 3.63) is 83.9 Å². The molecule has 1 aliphatic rings. The van der Waals surface area contributed by atoms with Crippen LogP contribution in [0.5, 0.6) is 0 Å². The zero-order valence-electron chi connectivity index (χ0n) is 42.7. The first-order chi connectivity index (χ1) is 36.2. The van der Waals surface area contributed by atoms with Crippen LogP contribution in [0.3, 0.4) is 0 Å². The lowest BCUT2D eigenvalue weighted by Crippen LogP contribution is -2.58. The van der Waals surface area contributed by atoms with Gasteiger partial charge in [-0.2, -0.15) is 0 Å². The number of hydrogen-bond acceptors (Lipinski definition) is 12. The summed E-state index contributed by atoms with van der Waals surface area (Å²) in [5.74, 6) is -10.4. The highest BCUT2D eigenvalue weighted by Gasteiger charge is 2.35. The van der Waals surface area contributed by atoms with Gasteiger partial charge in [-0.1, -0.05) is 72.8 Å². The number of nitrogens with two attached hydrogens (primary N) is 6. The minimum absolute atomic E-state index is 0.00316. The number of hydrogen-bond donors (Lipinski definition) is 12. The Morgan fingerprint density at radius 2 is 1.30 bits per heavy atom. The number of nitrogens with zero attached hydrogens (tertiary/aromatic N) is 2. The van der Waals surface area contributed by atoms with Crippen LogP contribution in [0, 0.1) is 11.8 Å². The van der Waals surface area contributed by atoms with Crippen LogP contribution in [-0.4, -0.2) is 121 Å². The van der Waals surface area contributed by atoms with Crippen LogP contribution in [0.1, 0.15) is 88.7 Å². The SMILES string of the molecule is CC(=O)N[C@@H](CCCN=C(N)N)C(=O)N[C@H]1CCCCNC(=O)C[C@@H](C(N)=O)NC(=O)[C@H](Cc2ccc3ccccc3c2)CC(=O)[C@H](CCCN=C(N)N)CC(=O)[C@@H](Cc2ccccc2)NC(=O)[C@H](CC(N)=O)NC1=O. The highest BCUT2D eigenvalue weighted by Crippen LogP contribution is 2.25. The number of carbonyl (C=O) groups is 10. The highest BCUT2D eigenvalue weighted by atomic mass is 16.2. The molecule has 0 unspecified atom stereocenters. The van der Waals surface area contributed by atoms with Crippen LogP contribution in [0.2, 0.25) is 0 Å². The molecule has 18 N–H and O–H groups in total. The Kier molecular flexibility index (Phi) is 24.3. The molecule has 3 aromatic carbocycles. The maximum Gasteiger partial charge on any atom is 0.243 e. The lowest BCUT2D eigenvalue weighted by molar-refractivity contribution is -0.136. The molecule has 1 fully saturated rings. The van der Waals surface area contributed by atoms with Crippen molar-refractivity contribution in [2.45, 2.75) is 121 Å². The molecular weight excluding hydrogens is 981 g/mol. The summed E-state index contributed by atoms with van der Waals surface area (Å²) in [5.41, 5.74) is 34.6. The Morgan fingerprint density at radius 3 is 1.96 bits per heavy atom. The summed E-state index contributed by atoms with van der Waals surface area (Å²) >= 11 is 0. The van der Waals surface area contributed by atoms with E-state index >= 15 is 0 Å². The Labute approximate surface area is 440 Å². The van der Waals surface area contributed by atoms with Crippen molar-refractivity contribution in [1.29, 1.82) is 0 Å². The summed E-state index contributed by atoms with van der Waals surface area (Å²) in [6.45, 7) is 1.39. The molecule has 0 aliphatic carbocycles. The molecule has 0 saturated carbocycles. The molecule has 410 valence electrons. The number of guanidine groups is 2. The van der Waals surface area contributed by atoms with Gasteiger partial charge in [0, 0.05) is 51.2 Å². The second-order valence-electron chi connectivity index (χ2n) is 18.8. The Bertz CT molecular complexity index is 2600. The van der Waals surface area contributed by atoms with Crippen LogP contribution in [0.25, 0.3) is 10.8 Å². The van der Waals surface area contributed by atoms with Crippen molar-refractivity contribution in [3.63, 3.8) is 0 Å². The van der Waals surface area contributed by atoms with Gasteiger partial charge < -0.3 is 66.3 Å². The smallest absolute Gasteiger partial charge is 0.243 e. The minimum Gasteiger partial charge on any atom is -0.370 e. The molecule has 0 bridgehead atoms. The topological polar surface area (TPSA) is 424 Å². The van der Waals surface area contributed by atoms with Gasteiger partial charge in [0.25, 0.3) is 0 Å². The van der Waals surface area contributed by atoms with E-state index in [1.807, 2.05) is 42.5 Å². The number of Topliss-reactive ketones (excluding diaryl/α,β-unsaturated/α-hetero) is 2. The summed E-state index contributed by atoms with van der Waals surface area (Å²) in [4.78, 5) is 145. The van der Waals surface area contributed by atoms with Gasteiger partial charge in [0.1, 0.15) is 30.0 Å². The van der Waals surface area contributed by atoms with Crippen LogP contribution in [0.15, 0.2) is 82.8 Å². The summed E-state index contributed by atoms with van der Waals surface area (Å²) in [7, 11) is 0. The normalized spacial score (nSPS) is 21.1. The van der Waals surface area contributed by atoms with Gasteiger partial charge in [0.2, 0.25) is 47.3 Å². The van der Waals surface area contributed by atoms with Crippen molar-refractivity contribution in [1.82, 2.24) is 31.9 Å². The van der Waals surface area contributed by atoms with Crippen LogP contribution < -0.4 is 66.3 Å². The lowest BCUT2D eigenvalue weighted by Gasteiger charge is -2.27. The maximum atomic E-state index is 14.7. The number of aliphatic imine (C=N–C) groups is 2. The fraction of sp³-hybridized carbons (Fsp3) is 0.462. The molecule has 1 heterocycles. The van der Waals surface area contributed by atoms with E-state index in [1.165, 1.54) is 6.92 Å². The molecule has 0 aromatic heterocycles. The number of benzene rings is 3. The average Bonchev–Trinajstić information content (AvgIpc) is 3.36. The predicted octanol–water partition coefficient (Wildman–Crippen LogP) is -1.62. The number of primary amides is 2. The third-order valence-corrected chi connectivity index (χ3v) is 12.6. The molecule has 76 heavy (non-hydrogen) atoms. The third kappa shape index (κ3) is 21.2. The quantitative estimate of drug-likeness (QED) is 0.0387. The molecular formula is C52H72N14O10. The zero-order valence-corrected chi connectivity index (χ0v) is 42.7. The fourth-order valence-electron chi connectivity index (χ4n) is 8.71.